The SMILES string of the molecule is O=C(O)[C@@H]1[C@H]2CC[C@@H](C2)[C@@H]1C(=O)Nc1ccc2ccccc2c1. The molecule has 4 rings (SSSR count). The van der Waals surface area contributed by atoms with Crippen LogP contribution < -0.4 is 5.32 Å². The van der Waals surface area contributed by atoms with Crippen molar-refractivity contribution in [1.82, 2.24) is 0 Å². The van der Waals surface area contributed by atoms with Crippen molar-refractivity contribution in [1.29, 1.82) is 0 Å². The van der Waals surface area contributed by atoms with Gasteiger partial charge in [0.15, 0.2) is 0 Å². The smallest absolute Gasteiger partial charge is 0.307 e. The van der Waals surface area contributed by atoms with Crippen LogP contribution in [0.25, 0.3) is 10.8 Å². The number of carboxylic acids is 1. The highest BCUT2D eigenvalue weighted by Gasteiger charge is 2.53. The lowest BCUT2D eigenvalue weighted by Gasteiger charge is -2.27. The molecule has 0 aromatic heterocycles. The van der Waals surface area contributed by atoms with Crippen LogP contribution in [0.2, 0.25) is 0 Å². The van der Waals surface area contributed by atoms with Crippen LogP contribution in [0.5, 0.6) is 0 Å². The lowest BCUT2D eigenvalue weighted by Crippen LogP contribution is -2.37. The Morgan fingerprint density at radius 3 is 2.39 bits per heavy atom. The fourth-order valence-corrected chi connectivity index (χ4v) is 4.52. The van der Waals surface area contributed by atoms with Crippen molar-refractivity contribution < 1.29 is 14.7 Å². The number of aliphatic carboxylic acids is 1. The van der Waals surface area contributed by atoms with Crippen molar-refractivity contribution >= 4 is 28.3 Å². The number of hydrogen-bond acceptors (Lipinski definition) is 2. The van der Waals surface area contributed by atoms with Gasteiger partial charge in [-0.1, -0.05) is 30.3 Å². The van der Waals surface area contributed by atoms with E-state index in [1.807, 2.05) is 42.5 Å². The van der Waals surface area contributed by atoms with Gasteiger partial charge in [0.2, 0.25) is 5.91 Å². The predicted octanol–water partition coefficient (Wildman–Crippen LogP) is 3.53. The fraction of sp³-hybridized carbons (Fsp3) is 0.368. The number of fused-ring (bicyclic) bond motifs is 3. The van der Waals surface area contributed by atoms with Crippen LogP contribution in [0.4, 0.5) is 5.69 Å². The average molecular weight is 309 g/mol. The number of nitrogens with one attached hydrogen (secondary N) is 1. The largest absolute Gasteiger partial charge is 0.481 e. The maximum Gasteiger partial charge on any atom is 0.307 e. The number of hydrogen-bond donors (Lipinski definition) is 2. The molecular formula is C19H19NO3. The van der Waals surface area contributed by atoms with Gasteiger partial charge in [0.25, 0.3) is 0 Å². The van der Waals surface area contributed by atoms with E-state index in [-0.39, 0.29) is 17.7 Å². The zero-order valence-electron chi connectivity index (χ0n) is 12.7. The Bertz CT molecular complexity index is 785. The molecule has 1 amide bonds. The number of amides is 1. The van der Waals surface area contributed by atoms with Crippen LogP contribution in [0.15, 0.2) is 42.5 Å². The zero-order valence-corrected chi connectivity index (χ0v) is 12.7. The van der Waals surface area contributed by atoms with Gasteiger partial charge in [0, 0.05) is 5.69 Å². The monoisotopic (exact) mass is 309 g/mol. The molecule has 0 unspecified atom stereocenters. The van der Waals surface area contributed by atoms with Gasteiger partial charge >= 0.3 is 5.97 Å². The number of anilines is 1. The van der Waals surface area contributed by atoms with Crippen LogP contribution >= 0.6 is 0 Å². The fourth-order valence-electron chi connectivity index (χ4n) is 4.52. The molecule has 4 atom stereocenters. The van der Waals surface area contributed by atoms with Gasteiger partial charge in [-0.05, 0) is 54.0 Å². The van der Waals surface area contributed by atoms with E-state index >= 15 is 0 Å². The topological polar surface area (TPSA) is 66.4 Å². The number of carboxylic acid groups (broad SMARTS) is 1. The molecule has 2 aliphatic carbocycles. The first-order chi connectivity index (χ1) is 11.1. The molecule has 118 valence electrons. The summed E-state index contributed by atoms with van der Waals surface area (Å²) in [4.78, 5) is 24.2. The normalized spacial score (nSPS) is 28.9. The number of benzene rings is 2. The quantitative estimate of drug-likeness (QED) is 0.911. The molecule has 0 aliphatic heterocycles. The van der Waals surface area contributed by atoms with E-state index in [1.165, 1.54) is 0 Å². The minimum absolute atomic E-state index is 0.139. The second kappa shape index (κ2) is 5.37. The third-order valence-corrected chi connectivity index (χ3v) is 5.52. The Morgan fingerprint density at radius 2 is 1.65 bits per heavy atom. The van der Waals surface area contributed by atoms with Crippen LogP contribution in [0.1, 0.15) is 19.3 Å². The average Bonchev–Trinajstić information content (AvgIpc) is 3.15. The van der Waals surface area contributed by atoms with Gasteiger partial charge in [-0.25, -0.2) is 0 Å². The summed E-state index contributed by atoms with van der Waals surface area (Å²) >= 11 is 0. The van der Waals surface area contributed by atoms with Crippen LogP contribution in [0, 0.1) is 23.7 Å². The molecule has 2 fully saturated rings. The molecule has 0 radical (unpaired) electrons. The molecule has 2 bridgehead atoms. The molecule has 4 nitrogen and oxygen atoms in total. The molecule has 2 aromatic carbocycles. The lowest BCUT2D eigenvalue weighted by molar-refractivity contribution is -0.148. The lowest BCUT2D eigenvalue weighted by atomic mass is 9.78. The maximum atomic E-state index is 12.7. The Balaban J connectivity index is 1.57. The van der Waals surface area contributed by atoms with Crippen LogP contribution in [-0.4, -0.2) is 17.0 Å². The standard InChI is InChI=1S/C19H19NO3/c21-18(16-13-5-6-14(9-13)17(16)19(22)23)20-15-8-7-11-3-1-2-4-12(11)10-15/h1-4,7-8,10,13-14,16-17H,5-6,9H2,(H,20,21)(H,22,23)/t13-,14-,16-,17+/m0/s1. The van der Waals surface area contributed by atoms with Crippen LogP contribution in [0.3, 0.4) is 0 Å². The van der Waals surface area contributed by atoms with E-state index in [4.69, 9.17) is 0 Å². The third kappa shape index (κ3) is 2.38. The van der Waals surface area contributed by atoms with Crippen molar-refractivity contribution in [2.45, 2.75) is 19.3 Å². The number of carbonyl (C=O) groups is 2. The Labute approximate surface area is 134 Å². The van der Waals surface area contributed by atoms with E-state index in [0.29, 0.717) is 0 Å². The third-order valence-electron chi connectivity index (χ3n) is 5.52. The first kappa shape index (κ1) is 14.2. The maximum absolute atomic E-state index is 12.7. The Morgan fingerprint density at radius 1 is 0.957 bits per heavy atom. The first-order valence-corrected chi connectivity index (χ1v) is 8.16. The van der Waals surface area contributed by atoms with Gasteiger partial charge < -0.3 is 10.4 Å². The highest BCUT2D eigenvalue weighted by Crippen LogP contribution is 2.52. The summed E-state index contributed by atoms with van der Waals surface area (Å²) in [5, 5.41) is 14.6. The summed E-state index contributed by atoms with van der Waals surface area (Å²) < 4.78 is 0. The second-order valence-electron chi connectivity index (χ2n) is 6.77. The summed E-state index contributed by atoms with van der Waals surface area (Å²) in [5.41, 5.74) is 0.737. The van der Waals surface area contributed by atoms with E-state index in [9.17, 15) is 14.7 Å². The molecule has 2 aromatic rings. The molecule has 0 heterocycles. The van der Waals surface area contributed by atoms with Crippen molar-refractivity contribution in [3.63, 3.8) is 0 Å². The minimum atomic E-state index is -0.823. The van der Waals surface area contributed by atoms with Gasteiger partial charge in [0.05, 0.1) is 11.8 Å². The summed E-state index contributed by atoms with van der Waals surface area (Å²) in [6.45, 7) is 0. The zero-order chi connectivity index (χ0) is 16.0. The predicted molar refractivity (Wildman–Crippen MR) is 88.0 cm³/mol. The van der Waals surface area contributed by atoms with Gasteiger partial charge in [-0.3, -0.25) is 9.59 Å². The molecule has 0 spiro atoms. The van der Waals surface area contributed by atoms with Crippen molar-refractivity contribution in [3.05, 3.63) is 42.5 Å². The van der Waals surface area contributed by atoms with Gasteiger partial charge in [0.1, 0.15) is 0 Å². The molecule has 2 N–H and O–H groups in total. The van der Waals surface area contributed by atoms with Crippen molar-refractivity contribution in [2.75, 3.05) is 5.32 Å². The summed E-state index contributed by atoms with van der Waals surface area (Å²) in [6, 6.07) is 13.8. The van der Waals surface area contributed by atoms with Gasteiger partial charge in [-0.2, -0.15) is 0 Å². The Kier molecular flexibility index (Phi) is 3.33. The number of carbonyl (C=O) groups excluding carboxylic acids is 1. The van der Waals surface area contributed by atoms with E-state index in [2.05, 4.69) is 5.32 Å². The first-order valence-electron chi connectivity index (χ1n) is 8.16. The highest BCUT2D eigenvalue weighted by molar-refractivity contribution is 5.98. The molecule has 4 heteroatoms. The van der Waals surface area contributed by atoms with E-state index < -0.39 is 17.8 Å². The second-order valence-corrected chi connectivity index (χ2v) is 6.77. The number of rotatable bonds is 3. The van der Waals surface area contributed by atoms with Crippen molar-refractivity contribution in [2.24, 2.45) is 23.7 Å². The molecule has 2 aliphatic rings. The molecule has 2 saturated carbocycles. The molecular weight excluding hydrogens is 290 g/mol. The molecule has 23 heavy (non-hydrogen) atoms. The molecule has 0 saturated heterocycles. The summed E-state index contributed by atoms with van der Waals surface area (Å²) in [7, 11) is 0. The van der Waals surface area contributed by atoms with E-state index in [0.717, 1.165) is 35.7 Å². The van der Waals surface area contributed by atoms with E-state index in [1.54, 1.807) is 0 Å². The minimum Gasteiger partial charge on any atom is -0.481 e. The highest BCUT2D eigenvalue weighted by atomic mass is 16.4. The summed E-state index contributed by atoms with van der Waals surface area (Å²) in [5.74, 6) is -1.48. The Hall–Kier alpha value is -2.36. The van der Waals surface area contributed by atoms with Crippen molar-refractivity contribution in [3.8, 4) is 0 Å². The summed E-state index contributed by atoms with van der Waals surface area (Å²) in [6.07, 6.45) is 2.80. The van der Waals surface area contributed by atoms with Gasteiger partial charge in [-0.15, -0.1) is 0 Å². The van der Waals surface area contributed by atoms with Crippen LogP contribution in [-0.2, 0) is 9.59 Å².